The maximum absolute atomic E-state index is 5.62. The van der Waals surface area contributed by atoms with Gasteiger partial charge in [-0.15, -0.1) is 24.8 Å². The lowest BCUT2D eigenvalue weighted by Crippen LogP contribution is -2.12. The number of nitrogens with zero attached hydrogens (tertiary/aromatic N) is 2. The van der Waals surface area contributed by atoms with Crippen LogP contribution in [0.5, 0.6) is 0 Å². The number of hydrogen-bond donors (Lipinski definition) is 1. The lowest BCUT2D eigenvalue weighted by Gasteiger charge is -2.12. The van der Waals surface area contributed by atoms with Crippen molar-refractivity contribution in [2.45, 2.75) is 0 Å². The Balaban J connectivity index is 0. The number of halogens is 2. The van der Waals surface area contributed by atoms with Gasteiger partial charge in [-0.25, -0.2) is 4.98 Å². The molecule has 0 saturated carbocycles. The summed E-state index contributed by atoms with van der Waals surface area (Å²) in [4.78, 5) is 5.96. The number of rotatable bonds is 1. The Labute approximate surface area is 84.8 Å². The first kappa shape index (κ1) is 13.9. The maximum atomic E-state index is 5.62. The second-order valence-corrected chi connectivity index (χ2v) is 2.31. The Morgan fingerprint density at radius 3 is 2.25 bits per heavy atom. The zero-order valence-electron chi connectivity index (χ0n) is 7.02. The predicted molar refractivity (Wildman–Crippen MR) is 57.5 cm³/mol. The van der Waals surface area contributed by atoms with Crippen LogP contribution in [0.1, 0.15) is 0 Å². The van der Waals surface area contributed by atoms with Gasteiger partial charge in [0.25, 0.3) is 0 Å². The minimum absolute atomic E-state index is 0. The highest BCUT2D eigenvalue weighted by Crippen LogP contribution is 2.14. The van der Waals surface area contributed by atoms with E-state index in [2.05, 4.69) is 4.98 Å². The molecule has 0 saturated heterocycles. The van der Waals surface area contributed by atoms with E-state index in [4.69, 9.17) is 5.73 Å². The van der Waals surface area contributed by atoms with Gasteiger partial charge < -0.3 is 10.6 Å². The lowest BCUT2D eigenvalue weighted by molar-refractivity contribution is 1.07. The predicted octanol–water partition coefficient (Wildman–Crippen LogP) is 1.57. The van der Waals surface area contributed by atoms with Crippen LogP contribution in [0, 0.1) is 0 Å². The molecule has 12 heavy (non-hydrogen) atoms. The third kappa shape index (κ3) is 3.15. The molecule has 0 aliphatic heterocycles. The molecule has 0 fully saturated rings. The Morgan fingerprint density at radius 2 is 1.92 bits per heavy atom. The summed E-state index contributed by atoms with van der Waals surface area (Å²) in [5.74, 6) is 0.822. The van der Waals surface area contributed by atoms with Gasteiger partial charge in [0.05, 0.1) is 5.69 Å². The molecule has 0 aliphatic rings. The first-order valence-corrected chi connectivity index (χ1v) is 3.09. The third-order valence-electron chi connectivity index (χ3n) is 1.24. The first-order valence-electron chi connectivity index (χ1n) is 3.09. The molecule has 1 heterocycles. The summed E-state index contributed by atoms with van der Waals surface area (Å²) >= 11 is 0. The SMILES string of the molecule is CN(C)c1ncccc1N.Cl.Cl. The standard InChI is InChI=1S/C7H11N3.2ClH/c1-10(2)7-6(8)4-3-5-9-7;;/h3-5H,8H2,1-2H3;2*1H. The van der Waals surface area contributed by atoms with E-state index in [0.29, 0.717) is 5.69 Å². The second kappa shape index (κ2) is 5.91. The van der Waals surface area contributed by atoms with Crippen LogP contribution < -0.4 is 10.6 Å². The fraction of sp³-hybridized carbons (Fsp3) is 0.286. The summed E-state index contributed by atoms with van der Waals surface area (Å²) in [6.45, 7) is 0. The van der Waals surface area contributed by atoms with Crippen molar-refractivity contribution in [3.8, 4) is 0 Å². The molecule has 1 aromatic rings. The van der Waals surface area contributed by atoms with Crippen molar-refractivity contribution >= 4 is 36.3 Å². The summed E-state index contributed by atoms with van der Waals surface area (Å²) in [5.41, 5.74) is 6.33. The largest absolute Gasteiger partial charge is 0.396 e. The van der Waals surface area contributed by atoms with Gasteiger partial charge in [0.2, 0.25) is 0 Å². The normalized spacial score (nSPS) is 7.83. The van der Waals surface area contributed by atoms with Gasteiger partial charge in [-0.2, -0.15) is 0 Å². The van der Waals surface area contributed by atoms with E-state index in [1.165, 1.54) is 0 Å². The summed E-state index contributed by atoms with van der Waals surface area (Å²) in [5, 5.41) is 0. The molecule has 3 nitrogen and oxygen atoms in total. The molecular formula is C7H13Cl2N3. The van der Waals surface area contributed by atoms with Gasteiger partial charge >= 0.3 is 0 Å². The zero-order valence-corrected chi connectivity index (χ0v) is 8.65. The van der Waals surface area contributed by atoms with E-state index in [0.717, 1.165) is 5.82 Å². The molecule has 0 bridgehead atoms. The molecule has 0 atom stereocenters. The van der Waals surface area contributed by atoms with Crippen LogP contribution in [0.2, 0.25) is 0 Å². The van der Waals surface area contributed by atoms with Crippen LogP contribution in [-0.2, 0) is 0 Å². The van der Waals surface area contributed by atoms with Crippen molar-refractivity contribution in [3.63, 3.8) is 0 Å². The Morgan fingerprint density at radius 1 is 1.33 bits per heavy atom. The fourth-order valence-electron chi connectivity index (χ4n) is 0.783. The molecule has 1 rings (SSSR count). The highest BCUT2D eigenvalue weighted by molar-refractivity contribution is 5.85. The van der Waals surface area contributed by atoms with E-state index >= 15 is 0 Å². The van der Waals surface area contributed by atoms with Crippen molar-refractivity contribution in [2.75, 3.05) is 24.7 Å². The molecule has 0 aromatic carbocycles. The van der Waals surface area contributed by atoms with Crippen molar-refractivity contribution in [1.29, 1.82) is 0 Å². The lowest BCUT2D eigenvalue weighted by atomic mass is 10.4. The van der Waals surface area contributed by atoms with Crippen molar-refractivity contribution in [2.24, 2.45) is 0 Å². The smallest absolute Gasteiger partial charge is 0.151 e. The Hall–Kier alpha value is -0.670. The summed E-state index contributed by atoms with van der Waals surface area (Å²) in [6.07, 6.45) is 1.73. The van der Waals surface area contributed by atoms with Crippen LogP contribution in [0.15, 0.2) is 18.3 Å². The van der Waals surface area contributed by atoms with Crippen LogP contribution >= 0.6 is 24.8 Å². The molecule has 70 valence electrons. The van der Waals surface area contributed by atoms with Gasteiger partial charge in [-0.3, -0.25) is 0 Å². The van der Waals surface area contributed by atoms with E-state index < -0.39 is 0 Å². The summed E-state index contributed by atoms with van der Waals surface area (Å²) < 4.78 is 0. The summed E-state index contributed by atoms with van der Waals surface area (Å²) in [7, 11) is 3.83. The number of nitrogen functional groups attached to an aromatic ring is 1. The van der Waals surface area contributed by atoms with Gasteiger partial charge in [-0.05, 0) is 12.1 Å². The Kier molecular flexibility index (Phi) is 6.85. The molecule has 1 aromatic heterocycles. The Bertz CT molecular complexity index is 228. The van der Waals surface area contributed by atoms with E-state index in [9.17, 15) is 0 Å². The number of aromatic nitrogens is 1. The van der Waals surface area contributed by atoms with Crippen molar-refractivity contribution in [1.82, 2.24) is 4.98 Å². The van der Waals surface area contributed by atoms with Gasteiger partial charge in [0.1, 0.15) is 0 Å². The van der Waals surface area contributed by atoms with Crippen molar-refractivity contribution in [3.05, 3.63) is 18.3 Å². The van der Waals surface area contributed by atoms with Crippen LogP contribution in [0.4, 0.5) is 11.5 Å². The number of nitrogens with two attached hydrogens (primary N) is 1. The second-order valence-electron chi connectivity index (χ2n) is 2.31. The monoisotopic (exact) mass is 209 g/mol. The van der Waals surface area contributed by atoms with E-state index in [-0.39, 0.29) is 24.8 Å². The topological polar surface area (TPSA) is 42.2 Å². The molecule has 0 spiro atoms. The molecule has 0 unspecified atom stereocenters. The molecule has 0 amide bonds. The zero-order chi connectivity index (χ0) is 7.56. The fourth-order valence-corrected chi connectivity index (χ4v) is 0.783. The summed E-state index contributed by atoms with van der Waals surface area (Å²) in [6, 6.07) is 3.66. The highest BCUT2D eigenvalue weighted by Gasteiger charge is 1.98. The molecule has 2 N–H and O–H groups in total. The van der Waals surface area contributed by atoms with Crippen LogP contribution in [-0.4, -0.2) is 19.1 Å². The third-order valence-corrected chi connectivity index (χ3v) is 1.24. The minimum atomic E-state index is 0. The number of hydrogen-bond acceptors (Lipinski definition) is 3. The molecular weight excluding hydrogens is 197 g/mol. The molecule has 5 heteroatoms. The van der Waals surface area contributed by atoms with Crippen LogP contribution in [0.3, 0.4) is 0 Å². The molecule has 0 radical (unpaired) electrons. The number of pyridine rings is 1. The highest BCUT2D eigenvalue weighted by atomic mass is 35.5. The quantitative estimate of drug-likeness (QED) is 0.764. The number of anilines is 2. The molecule has 0 aliphatic carbocycles. The van der Waals surface area contributed by atoms with Gasteiger partial charge in [-0.1, -0.05) is 0 Å². The average Bonchev–Trinajstić information content (AvgIpc) is 1.88. The first-order chi connectivity index (χ1) is 4.72. The van der Waals surface area contributed by atoms with Crippen molar-refractivity contribution < 1.29 is 0 Å². The van der Waals surface area contributed by atoms with E-state index in [1.807, 2.05) is 31.1 Å². The van der Waals surface area contributed by atoms with Gasteiger partial charge in [0, 0.05) is 20.3 Å². The minimum Gasteiger partial charge on any atom is -0.396 e. The van der Waals surface area contributed by atoms with Crippen LogP contribution in [0.25, 0.3) is 0 Å². The maximum Gasteiger partial charge on any atom is 0.151 e. The van der Waals surface area contributed by atoms with Gasteiger partial charge in [0.15, 0.2) is 5.82 Å². The average molecular weight is 210 g/mol. The van der Waals surface area contributed by atoms with E-state index in [1.54, 1.807) is 6.20 Å².